The third kappa shape index (κ3) is 4.47. The molecule has 1 amide bonds. The van der Waals surface area contributed by atoms with E-state index < -0.39 is 11.7 Å². The van der Waals surface area contributed by atoms with E-state index in [-0.39, 0.29) is 6.09 Å². The Morgan fingerprint density at radius 3 is 2.44 bits per heavy atom. The quantitative estimate of drug-likeness (QED) is 0.873. The first kappa shape index (κ1) is 19.4. The molecule has 146 valence electrons. The molecular formula is C20H28N4O3. The second-order valence-corrected chi connectivity index (χ2v) is 8.02. The Bertz CT molecular complexity index is 837. The molecule has 1 atom stereocenters. The maximum absolute atomic E-state index is 12.2. The van der Waals surface area contributed by atoms with Crippen molar-refractivity contribution in [3.63, 3.8) is 0 Å². The number of carbonyl (C=O) groups excluding carboxylic acids is 1. The fourth-order valence-electron chi connectivity index (χ4n) is 3.20. The minimum Gasteiger partial charge on any atom is -0.444 e. The van der Waals surface area contributed by atoms with Crippen molar-refractivity contribution in [1.29, 1.82) is 0 Å². The lowest BCUT2D eigenvalue weighted by Gasteiger charge is -2.36. The first-order valence-electron chi connectivity index (χ1n) is 9.33. The van der Waals surface area contributed by atoms with E-state index in [2.05, 4.69) is 9.88 Å². The van der Waals surface area contributed by atoms with Crippen LogP contribution < -0.4 is 4.90 Å². The van der Waals surface area contributed by atoms with Crippen molar-refractivity contribution in [2.45, 2.75) is 46.3 Å². The summed E-state index contributed by atoms with van der Waals surface area (Å²) in [6.45, 7) is 11.8. The predicted molar refractivity (Wildman–Crippen MR) is 105 cm³/mol. The van der Waals surface area contributed by atoms with Gasteiger partial charge >= 0.3 is 6.09 Å². The summed E-state index contributed by atoms with van der Waals surface area (Å²) < 4.78 is 5.45. The van der Waals surface area contributed by atoms with Gasteiger partial charge < -0.3 is 19.6 Å². The van der Waals surface area contributed by atoms with E-state index in [1.807, 2.05) is 45.9 Å². The summed E-state index contributed by atoms with van der Waals surface area (Å²) in [5.41, 5.74) is 2.66. The number of aliphatic hydroxyl groups excluding tert-OH is 1. The summed E-state index contributed by atoms with van der Waals surface area (Å²) in [6.07, 6.45) is -0.884. The van der Waals surface area contributed by atoms with E-state index in [4.69, 9.17) is 9.72 Å². The van der Waals surface area contributed by atoms with E-state index in [0.29, 0.717) is 26.2 Å². The van der Waals surface area contributed by atoms with E-state index in [9.17, 15) is 9.90 Å². The van der Waals surface area contributed by atoms with Gasteiger partial charge in [0.05, 0.1) is 17.1 Å². The van der Waals surface area contributed by atoms with Gasteiger partial charge in [-0.1, -0.05) is 0 Å². The van der Waals surface area contributed by atoms with Crippen LogP contribution in [-0.4, -0.2) is 57.8 Å². The van der Waals surface area contributed by atoms with Gasteiger partial charge in [-0.15, -0.1) is 0 Å². The van der Waals surface area contributed by atoms with Crippen molar-refractivity contribution in [1.82, 2.24) is 14.9 Å². The fraction of sp³-hybridized carbons (Fsp3) is 0.550. The Hall–Kier alpha value is -2.41. The Balaban J connectivity index is 1.77. The normalized spacial score (nSPS) is 16.5. The minimum absolute atomic E-state index is 0.273. The molecule has 0 radical (unpaired) electrons. The van der Waals surface area contributed by atoms with Crippen LogP contribution in [0.3, 0.4) is 0 Å². The largest absolute Gasteiger partial charge is 0.444 e. The molecule has 27 heavy (non-hydrogen) atoms. The molecule has 0 bridgehead atoms. The highest BCUT2D eigenvalue weighted by Gasteiger charge is 2.26. The molecule has 1 N–H and O–H groups in total. The van der Waals surface area contributed by atoms with Crippen LogP contribution >= 0.6 is 0 Å². The van der Waals surface area contributed by atoms with Gasteiger partial charge in [-0.25, -0.2) is 9.78 Å². The molecule has 2 aromatic heterocycles. The summed E-state index contributed by atoms with van der Waals surface area (Å²) in [5.74, 6) is 0.832. The zero-order chi connectivity index (χ0) is 19.8. The molecule has 1 unspecified atom stereocenters. The average Bonchev–Trinajstić information content (AvgIpc) is 2.59. The zero-order valence-electron chi connectivity index (χ0n) is 16.7. The molecule has 3 heterocycles. The SMILES string of the molecule is Cc1cc(C(C)O)c2nc(N3CCN(C(=O)OC(C)(C)C)CC3)ccc2n1. The van der Waals surface area contributed by atoms with Gasteiger partial charge in [0.2, 0.25) is 0 Å². The molecule has 7 nitrogen and oxygen atoms in total. The van der Waals surface area contributed by atoms with Gasteiger partial charge in [0.25, 0.3) is 0 Å². The molecule has 1 aliphatic heterocycles. The van der Waals surface area contributed by atoms with Gasteiger partial charge in [-0.2, -0.15) is 0 Å². The smallest absolute Gasteiger partial charge is 0.410 e. The van der Waals surface area contributed by atoms with E-state index in [0.717, 1.165) is 28.1 Å². The third-order valence-electron chi connectivity index (χ3n) is 4.50. The van der Waals surface area contributed by atoms with Gasteiger partial charge in [0, 0.05) is 37.4 Å². The standard InChI is InChI=1S/C20H28N4O3/c1-13-12-15(14(2)25)18-16(21-13)6-7-17(22-18)23-8-10-24(11-9-23)19(26)27-20(3,4)5/h6-7,12,14,25H,8-11H2,1-5H3. The first-order valence-corrected chi connectivity index (χ1v) is 9.33. The number of amides is 1. The number of fused-ring (bicyclic) bond motifs is 1. The molecule has 0 aliphatic carbocycles. The maximum Gasteiger partial charge on any atom is 0.410 e. The summed E-state index contributed by atoms with van der Waals surface area (Å²) in [6, 6.07) is 5.77. The van der Waals surface area contributed by atoms with Gasteiger partial charge in [-0.05, 0) is 52.8 Å². The molecule has 2 aromatic rings. The van der Waals surface area contributed by atoms with Crippen LogP contribution in [0, 0.1) is 6.92 Å². The number of rotatable bonds is 2. The second kappa shape index (κ2) is 7.31. The number of carbonyl (C=O) groups is 1. The van der Waals surface area contributed by atoms with Crippen molar-refractivity contribution >= 4 is 22.9 Å². The second-order valence-electron chi connectivity index (χ2n) is 8.02. The van der Waals surface area contributed by atoms with Crippen LogP contribution in [0.25, 0.3) is 11.0 Å². The van der Waals surface area contributed by atoms with Crippen LogP contribution in [0.5, 0.6) is 0 Å². The van der Waals surface area contributed by atoms with Crippen molar-refractivity contribution in [3.05, 3.63) is 29.5 Å². The highest BCUT2D eigenvalue weighted by atomic mass is 16.6. The van der Waals surface area contributed by atoms with Crippen LogP contribution in [0.1, 0.15) is 45.1 Å². The van der Waals surface area contributed by atoms with Crippen molar-refractivity contribution in [3.8, 4) is 0 Å². The van der Waals surface area contributed by atoms with Crippen molar-refractivity contribution in [2.24, 2.45) is 0 Å². The molecule has 0 saturated carbocycles. The number of aliphatic hydroxyl groups is 1. The number of piperazine rings is 1. The molecule has 0 spiro atoms. The number of pyridine rings is 2. The summed E-state index contributed by atoms with van der Waals surface area (Å²) in [7, 11) is 0. The molecule has 3 rings (SSSR count). The third-order valence-corrected chi connectivity index (χ3v) is 4.50. The number of nitrogens with zero attached hydrogens (tertiary/aromatic N) is 4. The van der Waals surface area contributed by atoms with Crippen LogP contribution in [0.4, 0.5) is 10.6 Å². The van der Waals surface area contributed by atoms with Gasteiger partial charge in [0.1, 0.15) is 11.4 Å². The number of aromatic nitrogens is 2. The summed E-state index contributed by atoms with van der Waals surface area (Å²) in [5, 5.41) is 10.1. The molecular weight excluding hydrogens is 344 g/mol. The molecule has 1 saturated heterocycles. The van der Waals surface area contributed by atoms with Gasteiger partial charge in [-0.3, -0.25) is 4.98 Å². The van der Waals surface area contributed by atoms with E-state index >= 15 is 0 Å². The number of aryl methyl sites for hydroxylation is 1. The van der Waals surface area contributed by atoms with Gasteiger partial charge in [0.15, 0.2) is 0 Å². The lowest BCUT2D eigenvalue weighted by Crippen LogP contribution is -2.50. The van der Waals surface area contributed by atoms with Crippen LogP contribution in [0.15, 0.2) is 18.2 Å². The molecule has 1 aliphatic rings. The van der Waals surface area contributed by atoms with Crippen molar-refractivity contribution < 1.29 is 14.6 Å². The zero-order valence-corrected chi connectivity index (χ0v) is 16.7. The molecule has 1 fully saturated rings. The summed E-state index contributed by atoms with van der Waals surface area (Å²) in [4.78, 5) is 25.4. The topological polar surface area (TPSA) is 78.8 Å². The highest BCUT2D eigenvalue weighted by Crippen LogP contribution is 2.25. The fourth-order valence-corrected chi connectivity index (χ4v) is 3.20. The highest BCUT2D eigenvalue weighted by molar-refractivity contribution is 5.80. The first-order chi connectivity index (χ1) is 12.6. The van der Waals surface area contributed by atoms with E-state index in [1.165, 1.54) is 0 Å². The predicted octanol–water partition coefficient (Wildman–Crippen LogP) is 3.05. The molecule has 0 aromatic carbocycles. The van der Waals surface area contributed by atoms with Crippen molar-refractivity contribution in [2.75, 3.05) is 31.1 Å². The number of hydrogen-bond acceptors (Lipinski definition) is 6. The lowest BCUT2D eigenvalue weighted by atomic mass is 10.1. The van der Waals surface area contributed by atoms with E-state index in [1.54, 1.807) is 11.8 Å². The lowest BCUT2D eigenvalue weighted by molar-refractivity contribution is 0.0240. The maximum atomic E-state index is 12.2. The average molecular weight is 372 g/mol. The monoisotopic (exact) mass is 372 g/mol. The number of ether oxygens (including phenoxy) is 1. The van der Waals surface area contributed by atoms with Crippen LogP contribution in [-0.2, 0) is 4.74 Å². The Morgan fingerprint density at radius 1 is 1.19 bits per heavy atom. The Labute approximate surface area is 160 Å². The number of anilines is 1. The number of hydrogen-bond donors (Lipinski definition) is 1. The molecule has 7 heteroatoms. The Morgan fingerprint density at radius 2 is 1.85 bits per heavy atom. The summed E-state index contributed by atoms with van der Waals surface area (Å²) >= 11 is 0. The minimum atomic E-state index is -0.610. The van der Waals surface area contributed by atoms with Crippen LogP contribution in [0.2, 0.25) is 0 Å². The Kier molecular flexibility index (Phi) is 5.24.